The number of benzene rings is 2. The quantitative estimate of drug-likeness (QED) is 0.652. The lowest BCUT2D eigenvalue weighted by Gasteiger charge is -2.35. The van der Waals surface area contributed by atoms with E-state index in [4.69, 9.17) is 18.9 Å². The van der Waals surface area contributed by atoms with E-state index in [0.717, 1.165) is 30.1 Å². The van der Waals surface area contributed by atoms with E-state index in [0.29, 0.717) is 30.3 Å². The van der Waals surface area contributed by atoms with Gasteiger partial charge in [0.05, 0.1) is 28.4 Å². The van der Waals surface area contributed by atoms with Crippen LogP contribution in [0.5, 0.6) is 23.0 Å². The molecule has 0 bridgehead atoms. The topological polar surface area (TPSA) is 60.5 Å². The molecule has 2 aromatic rings. The van der Waals surface area contributed by atoms with Crippen molar-refractivity contribution in [3.63, 3.8) is 0 Å². The highest BCUT2D eigenvalue weighted by molar-refractivity contribution is 5.92. The first-order valence-electron chi connectivity index (χ1n) is 9.76. The fourth-order valence-corrected chi connectivity index (χ4v) is 3.50. The summed E-state index contributed by atoms with van der Waals surface area (Å²) in [6.07, 6.45) is 3.33. The molecule has 7 heteroatoms. The molecule has 1 aliphatic heterocycles. The van der Waals surface area contributed by atoms with E-state index in [1.165, 1.54) is 0 Å². The second kappa shape index (κ2) is 9.91. The molecule has 0 spiro atoms. The fraction of sp³-hybridized carbons (Fsp3) is 0.348. The van der Waals surface area contributed by atoms with Crippen LogP contribution in [0.2, 0.25) is 0 Å². The Morgan fingerprint density at radius 3 is 2.03 bits per heavy atom. The van der Waals surface area contributed by atoms with Crippen molar-refractivity contribution >= 4 is 17.7 Å². The molecule has 0 radical (unpaired) electrons. The van der Waals surface area contributed by atoms with Gasteiger partial charge in [0.1, 0.15) is 5.75 Å². The molecular weight excluding hydrogens is 384 g/mol. The van der Waals surface area contributed by atoms with Crippen molar-refractivity contribution in [2.45, 2.75) is 0 Å². The van der Waals surface area contributed by atoms with E-state index >= 15 is 0 Å². The van der Waals surface area contributed by atoms with Gasteiger partial charge in [-0.2, -0.15) is 0 Å². The van der Waals surface area contributed by atoms with E-state index < -0.39 is 0 Å². The van der Waals surface area contributed by atoms with Crippen molar-refractivity contribution in [3.05, 3.63) is 48.0 Å². The highest BCUT2D eigenvalue weighted by Gasteiger charge is 2.20. The molecule has 1 amide bonds. The average Bonchev–Trinajstić information content (AvgIpc) is 2.81. The maximum atomic E-state index is 12.7. The number of rotatable bonds is 7. The number of nitrogens with zero attached hydrogens (tertiary/aromatic N) is 2. The number of amides is 1. The lowest BCUT2D eigenvalue weighted by molar-refractivity contribution is -0.126. The Balaban J connectivity index is 1.64. The third-order valence-electron chi connectivity index (χ3n) is 5.17. The van der Waals surface area contributed by atoms with Crippen LogP contribution in [-0.2, 0) is 4.79 Å². The highest BCUT2D eigenvalue weighted by atomic mass is 16.5. The van der Waals surface area contributed by atoms with Crippen LogP contribution in [-0.4, -0.2) is 65.4 Å². The molecule has 3 rings (SSSR count). The van der Waals surface area contributed by atoms with Gasteiger partial charge in [-0.15, -0.1) is 0 Å². The molecule has 1 fully saturated rings. The van der Waals surface area contributed by atoms with Crippen molar-refractivity contribution < 1.29 is 23.7 Å². The predicted molar refractivity (Wildman–Crippen MR) is 117 cm³/mol. The summed E-state index contributed by atoms with van der Waals surface area (Å²) >= 11 is 0. The van der Waals surface area contributed by atoms with E-state index in [2.05, 4.69) is 4.90 Å². The number of hydrogen-bond donors (Lipinski definition) is 0. The summed E-state index contributed by atoms with van der Waals surface area (Å²) in [4.78, 5) is 16.8. The summed E-state index contributed by atoms with van der Waals surface area (Å²) < 4.78 is 21.4. The van der Waals surface area contributed by atoms with Crippen LogP contribution in [0, 0.1) is 0 Å². The molecule has 0 aromatic heterocycles. The molecule has 0 aliphatic carbocycles. The minimum absolute atomic E-state index is 0.0266. The molecule has 0 saturated carbocycles. The number of piperazine rings is 1. The molecule has 2 aromatic carbocycles. The summed E-state index contributed by atoms with van der Waals surface area (Å²) in [5, 5.41) is 0. The first kappa shape index (κ1) is 21.4. The fourth-order valence-electron chi connectivity index (χ4n) is 3.50. The van der Waals surface area contributed by atoms with Crippen molar-refractivity contribution in [3.8, 4) is 23.0 Å². The molecule has 0 N–H and O–H groups in total. The van der Waals surface area contributed by atoms with Crippen molar-refractivity contribution in [1.82, 2.24) is 4.90 Å². The van der Waals surface area contributed by atoms with Crippen LogP contribution >= 0.6 is 0 Å². The Bertz CT molecular complexity index is 887. The zero-order chi connectivity index (χ0) is 21.5. The maximum absolute atomic E-state index is 12.7. The lowest BCUT2D eigenvalue weighted by atomic mass is 10.1. The van der Waals surface area contributed by atoms with E-state index in [1.807, 2.05) is 35.2 Å². The normalized spacial score (nSPS) is 14.0. The monoisotopic (exact) mass is 412 g/mol. The number of anilines is 1. The number of hydrogen-bond acceptors (Lipinski definition) is 6. The second-order valence-corrected chi connectivity index (χ2v) is 6.77. The predicted octanol–water partition coefficient (Wildman–Crippen LogP) is 3.08. The number of ether oxygens (including phenoxy) is 4. The summed E-state index contributed by atoms with van der Waals surface area (Å²) in [6, 6.07) is 11.6. The molecular formula is C23H28N2O5. The third kappa shape index (κ3) is 4.62. The van der Waals surface area contributed by atoms with Gasteiger partial charge in [-0.25, -0.2) is 0 Å². The summed E-state index contributed by atoms with van der Waals surface area (Å²) in [5.74, 6) is 2.42. The lowest BCUT2D eigenvalue weighted by Crippen LogP contribution is -2.48. The molecule has 1 heterocycles. The minimum Gasteiger partial charge on any atom is -0.497 e. The van der Waals surface area contributed by atoms with E-state index in [1.54, 1.807) is 46.7 Å². The molecule has 0 unspecified atom stereocenters. The summed E-state index contributed by atoms with van der Waals surface area (Å²) in [6.45, 7) is 2.90. The van der Waals surface area contributed by atoms with Gasteiger partial charge < -0.3 is 28.7 Å². The smallest absolute Gasteiger partial charge is 0.246 e. The van der Waals surface area contributed by atoms with Crippen molar-refractivity contribution in [2.24, 2.45) is 0 Å². The van der Waals surface area contributed by atoms with Gasteiger partial charge in [0.15, 0.2) is 11.5 Å². The SMILES string of the molecule is COc1ccc(N2CCN(C(=O)C=Cc3ccc(OC)c(OC)c3OC)CC2)cc1. The van der Waals surface area contributed by atoms with Crippen LogP contribution in [0.15, 0.2) is 42.5 Å². The van der Waals surface area contributed by atoms with Gasteiger partial charge in [0.2, 0.25) is 11.7 Å². The Kier molecular flexibility index (Phi) is 7.06. The maximum Gasteiger partial charge on any atom is 0.246 e. The minimum atomic E-state index is -0.0266. The van der Waals surface area contributed by atoms with E-state index in [9.17, 15) is 4.79 Å². The van der Waals surface area contributed by atoms with Crippen LogP contribution in [0.4, 0.5) is 5.69 Å². The van der Waals surface area contributed by atoms with Crippen LogP contribution in [0.25, 0.3) is 6.08 Å². The van der Waals surface area contributed by atoms with Crippen LogP contribution < -0.4 is 23.8 Å². The Hall–Kier alpha value is -3.35. The molecule has 0 atom stereocenters. The van der Waals surface area contributed by atoms with E-state index in [-0.39, 0.29) is 5.91 Å². The first-order chi connectivity index (χ1) is 14.6. The molecule has 1 saturated heterocycles. The van der Waals surface area contributed by atoms with Crippen molar-refractivity contribution in [2.75, 3.05) is 59.5 Å². The van der Waals surface area contributed by atoms with Gasteiger partial charge in [-0.05, 0) is 42.5 Å². The summed E-state index contributed by atoms with van der Waals surface area (Å²) in [5.41, 5.74) is 1.88. The zero-order valence-corrected chi connectivity index (χ0v) is 17.9. The number of methoxy groups -OCH3 is 4. The summed E-state index contributed by atoms with van der Waals surface area (Å²) in [7, 11) is 6.35. The standard InChI is InChI=1S/C23H28N2O5/c1-27-19-9-7-18(8-10-19)24-13-15-25(16-14-24)21(26)12-6-17-5-11-20(28-2)23(30-4)22(17)29-3/h5-12H,13-16H2,1-4H3. The third-order valence-corrected chi connectivity index (χ3v) is 5.17. The molecule has 160 valence electrons. The molecule has 1 aliphatic rings. The molecule has 7 nitrogen and oxygen atoms in total. The van der Waals surface area contributed by atoms with Gasteiger partial charge in [0, 0.05) is 43.5 Å². The zero-order valence-electron chi connectivity index (χ0n) is 17.9. The Labute approximate surface area is 177 Å². The van der Waals surface area contributed by atoms with Gasteiger partial charge in [-0.1, -0.05) is 0 Å². The Morgan fingerprint density at radius 1 is 0.800 bits per heavy atom. The highest BCUT2D eigenvalue weighted by Crippen LogP contribution is 2.40. The van der Waals surface area contributed by atoms with Gasteiger partial charge in [-0.3, -0.25) is 4.79 Å². The number of carbonyl (C=O) groups is 1. The second-order valence-electron chi connectivity index (χ2n) is 6.77. The largest absolute Gasteiger partial charge is 0.497 e. The Morgan fingerprint density at radius 2 is 1.47 bits per heavy atom. The molecule has 30 heavy (non-hydrogen) atoms. The first-order valence-corrected chi connectivity index (χ1v) is 9.76. The van der Waals surface area contributed by atoms with Gasteiger partial charge >= 0.3 is 0 Å². The average molecular weight is 412 g/mol. The van der Waals surface area contributed by atoms with Crippen LogP contribution in [0.1, 0.15) is 5.56 Å². The van der Waals surface area contributed by atoms with Crippen molar-refractivity contribution in [1.29, 1.82) is 0 Å². The van der Waals surface area contributed by atoms with Gasteiger partial charge in [0.25, 0.3) is 0 Å². The number of carbonyl (C=O) groups excluding carboxylic acids is 1. The van der Waals surface area contributed by atoms with Crippen LogP contribution in [0.3, 0.4) is 0 Å².